The molecule has 0 aliphatic rings. The van der Waals surface area contributed by atoms with Crippen molar-refractivity contribution in [2.75, 3.05) is 19.6 Å². The van der Waals surface area contributed by atoms with Gasteiger partial charge in [0.1, 0.15) is 0 Å². The van der Waals surface area contributed by atoms with Crippen LogP contribution in [0.1, 0.15) is 57.9 Å². The quantitative estimate of drug-likeness (QED) is 0.455. The van der Waals surface area contributed by atoms with Crippen molar-refractivity contribution in [3.63, 3.8) is 0 Å². The van der Waals surface area contributed by atoms with Crippen molar-refractivity contribution in [1.29, 1.82) is 0 Å². The summed E-state index contributed by atoms with van der Waals surface area (Å²) in [6, 6.07) is 5.14. The normalized spacial score (nSPS) is 10.7. The number of phenolic OH excluding ortho intramolecular Hbond substituents is 2. The van der Waals surface area contributed by atoms with Gasteiger partial charge in [0.25, 0.3) is 0 Å². The van der Waals surface area contributed by atoms with E-state index in [2.05, 4.69) is 18.7 Å². The Bertz CT molecular complexity index is 389. The number of nitrogens with zero attached hydrogens (tertiary/aromatic N) is 1. The summed E-state index contributed by atoms with van der Waals surface area (Å²) in [6.45, 7) is 7.84. The zero-order valence-corrected chi connectivity index (χ0v) is 14.9. The van der Waals surface area contributed by atoms with Gasteiger partial charge in [0.15, 0.2) is 11.5 Å². The number of aromatic hydroxyl groups is 2. The highest BCUT2D eigenvalue weighted by molar-refractivity contribution is 5.85. The van der Waals surface area contributed by atoms with Crippen LogP contribution < -0.4 is 0 Å². The molecule has 0 saturated carbocycles. The van der Waals surface area contributed by atoms with Crippen molar-refractivity contribution in [1.82, 2.24) is 4.90 Å². The molecular formula is C18H32ClNO2. The zero-order valence-electron chi connectivity index (χ0n) is 14.1. The molecule has 0 unspecified atom stereocenters. The molecule has 0 aromatic heterocycles. The number of unbranched alkanes of at least 4 members (excludes halogenated alkanes) is 4. The van der Waals surface area contributed by atoms with Gasteiger partial charge >= 0.3 is 0 Å². The number of hydrogen-bond donors (Lipinski definition) is 2. The van der Waals surface area contributed by atoms with Gasteiger partial charge in [0.2, 0.25) is 0 Å². The van der Waals surface area contributed by atoms with Crippen molar-refractivity contribution >= 4 is 12.4 Å². The molecule has 0 aliphatic heterocycles. The van der Waals surface area contributed by atoms with E-state index < -0.39 is 0 Å². The Kier molecular flexibility index (Phi) is 12.1. The Hall–Kier alpha value is -0.930. The minimum Gasteiger partial charge on any atom is -0.504 e. The number of halogens is 1. The summed E-state index contributed by atoms with van der Waals surface area (Å²) in [5, 5.41) is 18.9. The van der Waals surface area contributed by atoms with Gasteiger partial charge in [-0.25, -0.2) is 0 Å². The van der Waals surface area contributed by atoms with E-state index in [1.807, 2.05) is 6.07 Å². The van der Waals surface area contributed by atoms with Gasteiger partial charge in [-0.05, 0) is 50.0 Å². The standard InChI is InChI=1S/C18H31NO2.ClH/c1-3-5-7-12-19(13-8-6-4-2)14-11-16-9-10-17(20)18(21)15-16;/h9-10,15,20-21H,3-8,11-14H2,1-2H3;1H. The Labute approximate surface area is 141 Å². The van der Waals surface area contributed by atoms with E-state index in [-0.39, 0.29) is 23.9 Å². The highest BCUT2D eigenvalue weighted by Crippen LogP contribution is 2.25. The third-order valence-electron chi connectivity index (χ3n) is 3.91. The van der Waals surface area contributed by atoms with E-state index in [4.69, 9.17) is 0 Å². The molecule has 0 heterocycles. The molecule has 1 rings (SSSR count). The van der Waals surface area contributed by atoms with Crippen LogP contribution in [0.4, 0.5) is 0 Å². The molecule has 0 atom stereocenters. The molecule has 1 aromatic carbocycles. The second-order valence-electron chi connectivity index (χ2n) is 5.83. The van der Waals surface area contributed by atoms with Crippen molar-refractivity contribution < 1.29 is 10.2 Å². The first kappa shape index (κ1) is 21.1. The topological polar surface area (TPSA) is 43.7 Å². The fraction of sp³-hybridized carbons (Fsp3) is 0.667. The molecule has 0 saturated heterocycles. The van der Waals surface area contributed by atoms with Crippen LogP contribution in [0.2, 0.25) is 0 Å². The Morgan fingerprint density at radius 2 is 1.41 bits per heavy atom. The predicted octanol–water partition coefficient (Wildman–Crippen LogP) is 4.74. The molecule has 0 aliphatic carbocycles. The second kappa shape index (κ2) is 12.6. The fourth-order valence-electron chi connectivity index (χ4n) is 2.52. The highest BCUT2D eigenvalue weighted by atomic mass is 35.5. The van der Waals surface area contributed by atoms with Crippen LogP contribution in [-0.2, 0) is 6.42 Å². The van der Waals surface area contributed by atoms with Crippen LogP contribution in [0.3, 0.4) is 0 Å². The second-order valence-corrected chi connectivity index (χ2v) is 5.83. The largest absolute Gasteiger partial charge is 0.504 e. The third-order valence-corrected chi connectivity index (χ3v) is 3.91. The third kappa shape index (κ3) is 8.50. The van der Waals surface area contributed by atoms with E-state index in [9.17, 15) is 10.2 Å². The van der Waals surface area contributed by atoms with Gasteiger partial charge in [-0.1, -0.05) is 45.6 Å². The van der Waals surface area contributed by atoms with E-state index >= 15 is 0 Å². The predicted molar refractivity (Wildman–Crippen MR) is 96.2 cm³/mol. The lowest BCUT2D eigenvalue weighted by Crippen LogP contribution is -2.28. The minimum atomic E-state index is -0.0403. The molecule has 3 nitrogen and oxygen atoms in total. The lowest BCUT2D eigenvalue weighted by atomic mass is 10.1. The van der Waals surface area contributed by atoms with Crippen molar-refractivity contribution in [2.24, 2.45) is 0 Å². The van der Waals surface area contributed by atoms with Gasteiger partial charge in [0.05, 0.1) is 0 Å². The Morgan fingerprint density at radius 1 is 0.818 bits per heavy atom. The number of benzene rings is 1. The number of phenols is 2. The van der Waals surface area contributed by atoms with Crippen molar-refractivity contribution in [3.05, 3.63) is 23.8 Å². The first-order valence-corrected chi connectivity index (χ1v) is 8.40. The average molecular weight is 330 g/mol. The molecular weight excluding hydrogens is 298 g/mol. The first-order valence-electron chi connectivity index (χ1n) is 8.40. The lowest BCUT2D eigenvalue weighted by Gasteiger charge is -2.22. The molecule has 4 heteroatoms. The van der Waals surface area contributed by atoms with E-state index in [0.717, 1.165) is 18.5 Å². The van der Waals surface area contributed by atoms with Crippen LogP contribution >= 0.6 is 12.4 Å². The lowest BCUT2D eigenvalue weighted by molar-refractivity contribution is 0.265. The SMILES string of the molecule is CCCCCN(CCCCC)CCc1ccc(O)c(O)c1.Cl. The van der Waals surface area contributed by atoms with Crippen LogP contribution in [0.5, 0.6) is 11.5 Å². The summed E-state index contributed by atoms with van der Waals surface area (Å²) in [6.07, 6.45) is 8.57. The Morgan fingerprint density at radius 3 is 1.91 bits per heavy atom. The zero-order chi connectivity index (χ0) is 15.5. The highest BCUT2D eigenvalue weighted by Gasteiger charge is 2.06. The molecule has 1 aromatic rings. The van der Waals surface area contributed by atoms with E-state index in [0.29, 0.717) is 0 Å². The summed E-state index contributed by atoms with van der Waals surface area (Å²) >= 11 is 0. The van der Waals surface area contributed by atoms with Crippen LogP contribution in [-0.4, -0.2) is 34.7 Å². The smallest absolute Gasteiger partial charge is 0.157 e. The van der Waals surface area contributed by atoms with Crippen molar-refractivity contribution in [2.45, 2.75) is 58.8 Å². The molecule has 22 heavy (non-hydrogen) atoms. The van der Waals surface area contributed by atoms with Gasteiger partial charge in [0, 0.05) is 6.54 Å². The molecule has 2 N–H and O–H groups in total. The molecule has 128 valence electrons. The number of rotatable bonds is 11. The Balaban J connectivity index is 0.00000441. The van der Waals surface area contributed by atoms with E-state index in [1.165, 1.54) is 51.6 Å². The van der Waals surface area contributed by atoms with Crippen LogP contribution in [0.15, 0.2) is 18.2 Å². The molecule has 0 bridgehead atoms. The minimum absolute atomic E-state index is 0. The maximum Gasteiger partial charge on any atom is 0.157 e. The molecule has 0 fully saturated rings. The van der Waals surface area contributed by atoms with E-state index in [1.54, 1.807) is 12.1 Å². The van der Waals surface area contributed by atoms with Crippen molar-refractivity contribution in [3.8, 4) is 11.5 Å². The maximum atomic E-state index is 9.55. The summed E-state index contributed by atoms with van der Waals surface area (Å²) < 4.78 is 0. The molecule has 0 spiro atoms. The van der Waals surface area contributed by atoms with Gasteiger partial charge < -0.3 is 15.1 Å². The van der Waals surface area contributed by atoms with Gasteiger partial charge in [-0.3, -0.25) is 0 Å². The van der Waals surface area contributed by atoms with Gasteiger partial charge in [-0.15, -0.1) is 12.4 Å². The van der Waals surface area contributed by atoms with Gasteiger partial charge in [-0.2, -0.15) is 0 Å². The van der Waals surface area contributed by atoms with Crippen LogP contribution in [0, 0.1) is 0 Å². The maximum absolute atomic E-state index is 9.55. The monoisotopic (exact) mass is 329 g/mol. The first-order chi connectivity index (χ1) is 10.2. The summed E-state index contributed by atoms with van der Waals surface area (Å²) in [5.74, 6) is -0.0579. The van der Waals surface area contributed by atoms with Crippen LogP contribution in [0.25, 0.3) is 0 Å². The molecule has 0 radical (unpaired) electrons. The summed E-state index contributed by atoms with van der Waals surface area (Å²) in [5.41, 5.74) is 1.08. The number of hydrogen-bond acceptors (Lipinski definition) is 3. The fourth-order valence-corrected chi connectivity index (χ4v) is 2.52. The summed E-state index contributed by atoms with van der Waals surface area (Å²) in [4.78, 5) is 2.54. The average Bonchev–Trinajstić information content (AvgIpc) is 2.48. The molecule has 0 amide bonds. The summed E-state index contributed by atoms with van der Waals surface area (Å²) in [7, 11) is 0.